The van der Waals surface area contributed by atoms with Gasteiger partial charge in [-0.1, -0.05) is 6.07 Å². The van der Waals surface area contributed by atoms with E-state index in [0.717, 1.165) is 60.2 Å². The summed E-state index contributed by atoms with van der Waals surface area (Å²) >= 11 is 0. The maximum Gasteiger partial charge on any atom is 0.212 e. The van der Waals surface area contributed by atoms with Gasteiger partial charge in [0.2, 0.25) is 5.88 Å². The van der Waals surface area contributed by atoms with Crippen LogP contribution >= 0.6 is 0 Å². The van der Waals surface area contributed by atoms with Crippen LogP contribution in [0.15, 0.2) is 61.6 Å². The fourth-order valence-corrected chi connectivity index (χ4v) is 5.10. The van der Waals surface area contributed by atoms with Gasteiger partial charge in [-0.05, 0) is 31.0 Å². The Hall–Kier alpha value is -4.49. The summed E-state index contributed by atoms with van der Waals surface area (Å²) in [4.78, 5) is 6.79. The minimum absolute atomic E-state index is 0.270. The van der Waals surface area contributed by atoms with Gasteiger partial charge in [0.25, 0.3) is 0 Å². The van der Waals surface area contributed by atoms with Crippen LogP contribution in [0.25, 0.3) is 27.8 Å². The molecule has 186 valence electrons. The number of nitrogens with zero attached hydrogens (tertiary/aromatic N) is 9. The molecule has 1 saturated heterocycles. The molecule has 0 aromatic carbocycles. The zero-order chi connectivity index (χ0) is 25.4. The Kier molecular flexibility index (Phi) is 5.90. The first-order valence-corrected chi connectivity index (χ1v) is 12.3. The van der Waals surface area contributed by atoms with Gasteiger partial charge in [-0.15, -0.1) is 0 Å². The number of aromatic nitrogens is 7. The maximum absolute atomic E-state index is 9.72. The molecule has 0 radical (unpaired) electrons. The number of nitriles is 1. The van der Waals surface area contributed by atoms with E-state index < -0.39 is 0 Å². The summed E-state index contributed by atoms with van der Waals surface area (Å²) in [6.07, 6.45) is 15.4. The predicted molar refractivity (Wildman–Crippen MR) is 138 cm³/mol. The molecule has 5 aromatic heterocycles. The summed E-state index contributed by atoms with van der Waals surface area (Å²) < 4.78 is 10.8. The number of hydrogen-bond acceptors (Lipinski definition) is 7. The molecule has 1 fully saturated rings. The van der Waals surface area contributed by atoms with Crippen molar-refractivity contribution in [1.29, 1.82) is 5.26 Å². The molecule has 0 bridgehead atoms. The largest absolute Gasteiger partial charge is 0.481 e. The summed E-state index contributed by atoms with van der Waals surface area (Å²) in [7, 11) is 3.52. The molecule has 1 atom stereocenters. The monoisotopic (exact) mass is 493 g/mol. The van der Waals surface area contributed by atoms with Crippen molar-refractivity contribution in [2.75, 3.05) is 20.2 Å². The SMILES string of the molecule is COc1ccc(CN2CCC[C@@H](n3cc(-c4cc(-c5cnn(C)c5)cn5ncc(C#N)c45)cn3)C2)cn1. The highest BCUT2D eigenvalue weighted by molar-refractivity contribution is 5.87. The zero-order valence-electron chi connectivity index (χ0n) is 20.8. The van der Waals surface area contributed by atoms with Crippen molar-refractivity contribution in [3.63, 3.8) is 0 Å². The van der Waals surface area contributed by atoms with Crippen molar-refractivity contribution >= 4 is 5.52 Å². The molecule has 0 amide bonds. The van der Waals surface area contributed by atoms with E-state index in [9.17, 15) is 5.26 Å². The Morgan fingerprint density at radius 3 is 2.68 bits per heavy atom. The van der Waals surface area contributed by atoms with Crippen molar-refractivity contribution in [2.24, 2.45) is 7.05 Å². The van der Waals surface area contributed by atoms with E-state index in [4.69, 9.17) is 9.84 Å². The first-order chi connectivity index (χ1) is 18.1. The first kappa shape index (κ1) is 22.9. The summed E-state index contributed by atoms with van der Waals surface area (Å²) in [5.74, 6) is 0.629. The summed E-state index contributed by atoms with van der Waals surface area (Å²) in [6, 6.07) is 8.63. The van der Waals surface area contributed by atoms with Crippen LogP contribution in [0.5, 0.6) is 5.88 Å². The standard InChI is InChI=1S/C27H27N9O/c1-33-15-22(12-30-33)20-8-25(27-21(9-28)11-32-36(27)16-20)23-13-31-35(17-23)24-4-3-7-34(18-24)14-19-5-6-26(37-2)29-10-19/h5-6,8,10-13,15-17,24H,3-4,7,14,18H2,1-2H3/t24-/m1/s1. The Morgan fingerprint density at radius 2 is 1.92 bits per heavy atom. The number of ether oxygens (including phenoxy) is 1. The van der Waals surface area contributed by atoms with E-state index >= 15 is 0 Å². The molecule has 10 heteroatoms. The molecule has 10 nitrogen and oxygen atoms in total. The molecular weight excluding hydrogens is 466 g/mol. The molecule has 6 heterocycles. The van der Waals surface area contributed by atoms with E-state index in [0.29, 0.717) is 11.4 Å². The highest BCUT2D eigenvalue weighted by atomic mass is 16.5. The molecule has 1 aliphatic heterocycles. The molecule has 0 unspecified atom stereocenters. The quantitative estimate of drug-likeness (QED) is 0.355. The molecule has 6 rings (SSSR count). The van der Waals surface area contributed by atoms with Crippen molar-refractivity contribution in [2.45, 2.75) is 25.4 Å². The predicted octanol–water partition coefficient (Wildman–Crippen LogP) is 3.71. The highest BCUT2D eigenvalue weighted by Crippen LogP contribution is 2.33. The molecule has 0 spiro atoms. The van der Waals surface area contributed by atoms with Crippen LogP contribution in [0.2, 0.25) is 0 Å². The molecular formula is C27H27N9O. The smallest absolute Gasteiger partial charge is 0.212 e. The van der Waals surface area contributed by atoms with Crippen molar-refractivity contribution in [1.82, 2.24) is 39.1 Å². The number of methoxy groups -OCH3 is 1. The second-order valence-corrected chi connectivity index (χ2v) is 9.46. The second kappa shape index (κ2) is 9.52. The number of piperidine rings is 1. The van der Waals surface area contributed by atoms with E-state index in [2.05, 4.69) is 49.2 Å². The van der Waals surface area contributed by atoms with E-state index in [-0.39, 0.29) is 6.04 Å². The van der Waals surface area contributed by atoms with E-state index in [1.165, 1.54) is 5.56 Å². The van der Waals surface area contributed by atoms with Gasteiger partial charge in [0.1, 0.15) is 6.07 Å². The molecule has 0 N–H and O–H groups in total. The van der Waals surface area contributed by atoms with Crippen molar-refractivity contribution in [3.8, 4) is 34.2 Å². The number of hydrogen-bond donors (Lipinski definition) is 0. The van der Waals surface area contributed by atoms with Gasteiger partial charge >= 0.3 is 0 Å². The number of likely N-dealkylation sites (tertiary alicyclic amines) is 1. The van der Waals surface area contributed by atoms with E-state index in [1.54, 1.807) is 22.5 Å². The van der Waals surface area contributed by atoms with Crippen molar-refractivity contribution < 1.29 is 4.74 Å². The van der Waals surface area contributed by atoms with Crippen LogP contribution in [0.4, 0.5) is 0 Å². The Bertz CT molecular complexity index is 1590. The molecule has 0 aliphatic carbocycles. The van der Waals surface area contributed by atoms with Crippen LogP contribution in [0, 0.1) is 11.3 Å². The summed E-state index contributed by atoms with van der Waals surface area (Å²) in [5, 5.41) is 23.2. The average Bonchev–Trinajstić information content (AvgIpc) is 3.68. The lowest BCUT2D eigenvalue weighted by Crippen LogP contribution is -2.36. The highest BCUT2D eigenvalue weighted by Gasteiger charge is 2.23. The Balaban J connectivity index is 1.29. The van der Waals surface area contributed by atoms with Crippen LogP contribution in [0.3, 0.4) is 0 Å². The lowest BCUT2D eigenvalue weighted by molar-refractivity contribution is 0.163. The molecule has 37 heavy (non-hydrogen) atoms. The summed E-state index contributed by atoms with van der Waals surface area (Å²) in [5.41, 5.74) is 6.35. The third kappa shape index (κ3) is 4.45. The third-order valence-corrected chi connectivity index (χ3v) is 6.95. The number of fused-ring (bicyclic) bond motifs is 1. The first-order valence-electron chi connectivity index (χ1n) is 12.3. The molecule has 0 saturated carbocycles. The lowest BCUT2D eigenvalue weighted by Gasteiger charge is -2.32. The minimum Gasteiger partial charge on any atom is -0.481 e. The topological polar surface area (TPSA) is 102 Å². The Labute approximate surface area is 214 Å². The number of pyridine rings is 2. The third-order valence-electron chi connectivity index (χ3n) is 6.95. The van der Waals surface area contributed by atoms with Gasteiger partial charge in [-0.25, -0.2) is 9.50 Å². The van der Waals surface area contributed by atoms with Gasteiger partial charge in [-0.3, -0.25) is 14.3 Å². The van der Waals surface area contributed by atoms with Gasteiger partial charge in [0.15, 0.2) is 0 Å². The van der Waals surface area contributed by atoms with Gasteiger partial charge < -0.3 is 4.74 Å². The van der Waals surface area contributed by atoms with Crippen LogP contribution in [0.1, 0.15) is 30.0 Å². The minimum atomic E-state index is 0.270. The Morgan fingerprint density at radius 1 is 1.03 bits per heavy atom. The maximum atomic E-state index is 9.72. The fourth-order valence-electron chi connectivity index (χ4n) is 5.10. The average molecular weight is 494 g/mol. The lowest BCUT2D eigenvalue weighted by atomic mass is 10.0. The van der Waals surface area contributed by atoms with Crippen LogP contribution < -0.4 is 4.74 Å². The van der Waals surface area contributed by atoms with Crippen LogP contribution in [-0.2, 0) is 13.6 Å². The molecule has 1 aliphatic rings. The number of rotatable bonds is 6. The van der Waals surface area contributed by atoms with Crippen molar-refractivity contribution in [3.05, 3.63) is 72.7 Å². The fraction of sp³-hybridized carbons (Fsp3) is 0.296. The number of aryl methyl sites for hydroxylation is 1. The van der Waals surface area contributed by atoms with Gasteiger partial charge in [0.05, 0.1) is 42.8 Å². The van der Waals surface area contributed by atoms with Gasteiger partial charge in [0, 0.05) is 73.2 Å². The normalized spacial score (nSPS) is 16.2. The van der Waals surface area contributed by atoms with Gasteiger partial charge in [-0.2, -0.15) is 20.6 Å². The van der Waals surface area contributed by atoms with E-state index in [1.807, 2.05) is 44.1 Å². The second-order valence-electron chi connectivity index (χ2n) is 9.46. The molecule has 5 aromatic rings. The zero-order valence-corrected chi connectivity index (χ0v) is 20.8. The summed E-state index contributed by atoms with van der Waals surface area (Å²) in [6.45, 7) is 2.80. The van der Waals surface area contributed by atoms with Crippen LogP contribution in [-0.4, -0.2) is 59.3 Å².